The summed E-state index contributed by atoms with van der Waals surface area (Å²) in [6.45, 7) is 4.92. The van der Waals surface area contributed by atoms with Gasteiger partial charge in [-0.2, -0.15) is 5.10 Å². The Bertz CT molecular complexity index is 781. The van der Waals surface area contributed by atoms with Gasteiger partial charge in [0.1, 0.15) is 5.82 Å². The highest BCUT2D eigenvalue weighted by atomic mass is 19.1. The highest BCUT2D eigenvalue weighted by Crippen LogP contribution is 2.31. The van der Waals surface area contributed by atoms with Gasteiger partial charge in [0.05, 0.1) is 17.9 Å². The van der Waals surface area contributed by atoms with Crippen molar-refractivity contribution in [2.75, 3.05) is 6.54 Å². The molecule has 2 fully saturated rings. The van der Waals surface area contributed by atoms with Gasteiger partial charge < -0.3 is 4.90 Å². The molecular formula is C19H23FN4O. The van der Waals surface area contributed by atoms with Crippen LogP contribution in [0.5, 0.6) is 0 Å². The van der Waals surface area contributed by atoms with E-state index in [1.807, 2.05) is 18.0 Å². The monoisotopic (exact) mass is 342 g/mol. The Hall–Kier alpha value is -2.21. The smallest absolute Gasteiger partial charge is 0.240 e. The number of hydrogen-bond donors (Lipinski definition) is 1. The molecule has 25 heavy (non-hydrogen) atoms. The molecule has 1 saturated heterocycles. The average Bonchev–Trinajstić information content (AvgIpc) is 3.28. The molecule has 0 radical (unpaired) electrons. The Balaban J connectivity index is 1.48. The van der Waals surface area contributed by atoms with E-state index in [1.54, 1.807) is 16.8 Å². The minimum atomic E-state index is -0.260. The number of benzene rings is 1. The van der Waals surface area contributed by atoms with E-state index in [1.165, 1.54) is 12.1 Å². The van der Waals surface area contributed by atoms with Crippen LogP contribution in [-0.2, 0) is 4.79 Å². The Kier molecular flexibility index (Phi) is 4.07. The lowest BCUT2D eigenvalue weighted by molar-refractivity contribution is -0.130. The largest absolute Gasteiger partial charge is 0.338 e. The zero-order chi connectivity index (χ0) is 17.6. The van der Waals surface area contributed by atoms with Gasteiger partial charge in [0.15, 0.2) is 0 Å². The predicted octanol–water partition coefficient (Wildman–Crippen LogP) is 2.73. The van der Waals surface area contributed by atoms with Crippen LogP contribution in [0.2, 0.25) is 0 Å². The SMILES string of the molecule is Cc1c([C@H](C)N[C@@H]2CCN(C3CC3)C2=O)cnn1-c1ccc(F)cc1. The number of likely N-dealkylation sites (tertiary alicyclic amines) is 1. The Morgan fingerprint density at radius 2 is 1.96 bits per heavy atom. The van der Waals surface area contributed by atoms with Gasteiger partial charge in [0.25, 0.3) is 0 Å². The minimum absolute atomic E-state index is 0.0299. The van der Waals surface area contributed by atoms with Crippen LogP contribution in [0.15, 0.2) is 30.5 Å². The number of rotatable bonds is 5. The van der Waals surface area contributed by atoms with Crippen molar-refractivity contribution in [1.29, 1.82) is 0 Å². The number of hydrogen-bond acceptors (Lipinski definition) is 3. The van der Waals surface area contributed by atoms with Crippen molar-refractivity contribution in [3.8, 4) is 5.69 Å². The summed E-state index contributed by atoms with van der Waals surface area (Å²) in [5.74, 6) is -0.0262. The van der Waals surface area contributed by atoms with Crippen LogP contribution in [-0.4, -0.2) is 39.2 Å². The fourth-order valence-corrected chi connectivity index (χ4v) is 3.69. The molecule has 5 nitrogen and oxygen atoms in total. The highest BCUT2D eigenvalue weighted by molar-refractivity contribution is 5.84. The summed E-state index contributed by atoms with van der Waals surface area (Å²) >= 11 is 0. The van der Waals surface area contributed by atoms with Crippen molar-refractivity contribution >= 4 is 5.91 Å². The van der Waals surface area contributed by atoms with Gasteiger partial charge in [-0.15, -0.1) is 0 Å². The van der Waals surface area contributed by atoms with E-state index in [2.05, 4.69) is 17.3 Å². The maximum Gasteiger partial charge on any atom is 0.240 e. The first kappa shape index (κ1) is 16.3. The third-order valence-electron chi connectivity index (χ3n) is 5.26. The molecule has 1 aromatic heterocycles. The van der Waals surface area contributed by atoms with Gasteiger partial charge >= 0.3 is 0 Å². The van der Waals surface area contributed by atoms with Crippen LogP contribution < -0.4 is 5.32 Å². The zero-order valence-corrected chi connectivity index (χ0v) is 14.6. The van der Waals surface area contributed by atoms with E-state index < -0.39 is 0 Å². The number of carbonyl (C=O) groups is 1. The fourth-order valence-electron chi connectivity index (χ4n) is 3.69. The van der Waals surface area contributed by atoms with E-state index in [0.29, 0.717) is 6.04 Å². The fraction of sp³-hybridized carbons (Fsp3) is 0.474. The van der Waals surface area contributed by atoms with Gasteiger partial charge in [-0.25, -0.2) is 9.07 Å². The first-order chi connectivity index (χ1) is 12.0. The molecule has 1 N–H and O–H groups in total. The quantitative estimate of drug-likeness (QED) is 0.909. The second-order valence-corrected chi connectivity index (χ2v) is 7.07. The number of nitrogens with one attached hydrogen (secondary N) is 1. The highest BCUT2D eigenvalue weighted by Gasteiger charge is 2.40. The van der Waals surface area contributed by atoms with Crippen LogP contribution >= 0.6 is 0 Å². The lowest BCUT2D eigenvalue weighted by Gasteiger charge is -2.20. The summed E-state index contributed by atoms with van der Waals surface area (Å²) in [6.07, 6.45) is 4.99. The van der Waals surface area contributed by atoms with Crippen molar-refractivity contribution < 1.29 is 9.18 Å². The summed E-state index contributed by atoms with van der Waals surface area (Å²) in [6, 6.07) is 6.70. The lowest BCUT2D eigenvalue weighted by Crippen LogP contribution is -2.40. The molecule has 1 aliphatic carbocycles. The number of halogens is 1. The maximum absolute atomic E-state index is 13.1. The van der Waals surface area contributed by atoms with Crippen LogP contribution in [0.3, 0.4) is 0 Å². The molecule has 2 heterocycles. The maximum atomic E-state index is 13.1. The van der Waals surface area contributed by atoms with E-state index in [-0.39, 0.29) is 23.8 Å². The summed E-state index contributed by atoms with van der Waals surface area (Å²) in [5, 5.41) is 7.91. The molecule has 4 rings (SSSR count). The van der Waals surface area contributed by atoms with Crippen molar-refractivity contribution in [1.82, 2.24) is 20.0 Å². The van der Waals surface area contributed by atoms with Crippen LogP contribution in [0.25, 0.3) is 5.69 Å². The molecule has 1 aromatic carbocycles. The van der Waals surface area contributed by atoms with Crippen LogP contribution in [0.1, 0.15) is 43.5 Å². The second kappa shape index (κ2) is 6.26. The molecular weight excluding hydrogens is 319 g/mol. The standard InChI is InChI=1S/C19H23FN4O/c1-12(22-18-9-10-23(19(18)25)15-7-8-15)17-11-21-24(13(17)2)16-5-3-14(20)4-6-16/h3-6,11-12,15,18,22H,7-10H2,1-2H3/t12-,18+/m0/s1. The predicted molar refractivity (Wildman–Crippen MR) is 92.9 cm³/mol. The third kappa shape index (κ3) is 3.06. The van der Waals surface area contributed by atoms with E-state index in [4.69, 9.17) is 0 Å². The molecule has 2 atom stereocenters. The van der Waals surface area contributed by atoms with Crippen molar-refractivity contribution in [3.63, 3.8) is 0 Å². The Morgan fingerprint density at radius 1 is 1.24 bits per heavy atom. The van der Waals surface area contributed by atoms with Crippen LogP contribution in [0, 0.1) is 12.7 Å². The molecule has 132 valence electrons. The Labute approximate surface area is 146 Å². The van der Waals surface area contributed by atoms with Gasteiger partial charge in [-0.3, -0.25) is 10.1 Å². The van der Waals surface area contributed by atoms with Gasteiger partial charge in [-0.05, 0) is 57.4 Å². The van der Waals surface area contributed by atoms with E-state index in [0.717, 1.165) is 42.8 Å². The van der Waals surface area contributed by atoms with Gasteiger partial charge in [0, 0.05) is 29.9 Å². The molecule has 1 amide bonds. The summed E-state index contributed by atoms with van der Waals surface area (Å²) in [5.41, 5.74) is 2.88. The molecule has 0 spiro atoms. The number of aromatic nitrogens is 2. The first-order valence-corrected chi connectivity index (χ1v) is 8.91. The van der Waals surface area contributed by atoms with E-state index >= 15 is 0 Å². The summed E-state index contributed by atoms with van der Waals surface area (Å²) in [4.78, 5) is 14.5. The third-order valence-corrected chi connectivity index (χ3v) is 5.26. The minimum Gasteiger partial charge on any atom is -0.338 e. The number of carbonyl (C=O) groups excluding carboxylic acids is 1. The number of amides is 1. The van der Waals surface area contributed by atoms with Crippen molar-refractivity contribution in [2.45, 2.75) is 51.2 Å². The van der Waals surface area contributed by atoms with Crippen molar-refractivity contribution in [2.24, 2.45) is 0 Å². The Morgan fingerprint density at radius 3 is 2.64 bits per heavy atom. The topological polar surface area (TPSA) is 50.2 Å². The molecule has 0 bridgehead atoms. The zero-order valence-electron chi connectivity index (χ0n) is 14.6. The van der Waals surface area contributed by atoms with Gasteiger partial charge in [0.2, 0.25) is 5.91 Å². The molecule has 2 aromatic rings. The van der Waals surface area contributed by atoms with Crippen molar-refractivity contribution in [3.05, 3.63) is 47.5 Å². The molecule has 0 unspecified atom stereocenters. The summed E-state index contributed by atoms with van der Waals surface area (Å²) in [7, 11) is 0. The van der Waals surface area contributed by atoms with Crippen LogP contribution in [0.4, 0.5) is 4.39 Å². The summed E-state index contributed by atoms with van der Waals surface area (Å²) < 4.78 is 14.9. The van der Waals surface area contributed by atoms with E-state index in [9.17, 15) is 9.18 Å². The van der Waals surface area contributed by atoms with Gasteiger partial charge in [-0.1, -0.05) is 0 Å². The molecule has 1 aliphatic heterocycles. The second-order valence-electron chi connectivity index (χ2n) is 7.07. The molecule has 1 saturated carbocycles. The average molecular weight is 342 g/mol. The first-order valence-electron chi connectivity index (χ1n) is 8.91. The number of nitrogens with zero attached hydrogens (tertiary/aromatic N) is 3. The lowest BCUT2D eigenvalue weighted by atomic mass is 10.1. The molecule has 2 aliphatic rings. The molecule has 6 heteroatoms. The normalized spacial score (nSPS) is 21.8.